The summed E-state index contributed by atoms with van der Waals surface area (Å²) in [5.74, 6) is -0.347. The predicted molar refractivity (Wildman–Crippen MR) is 142 cm³/mol. The summed E-state index contributed by atoms with van der Waals surface area (Å²) in [5, 5.41) is 2.68. The maximum atomic E-state index is 12.8. The van der Waals surface area contributed by atoms with Crippen LogP contribution in [0.15, 0.2) is 76.1 Å². The lowest BCUT2D eigenvalue weighted by Crippen LogP contribution is -2.36. The smallest absolute Gasteiger partial charge is 0.294 e. The molecule has 4 rings (SSSR count). The summed E-state index contributed by atoms with van der Waals surface area (Å²) in [4.78, 5) is 38.8. The van der Waals surface area contributed by atoms with E-state index in [1.54, 1.807) is 36.4 Å². The Balaban J connectivity index is 1.40. The fourth-order valence-corrected chi connectivity index (χ4v) is 4.79. The highest BCUT2D eigenvalue weighted by atomic mass is 79.9. The Morgan fingerprint density at radius 3 is 2.60 bits per heavy atom. The molecule has 0 bridgehead atoms. The second-order valence-corrected chi connectivity index (χ2v) is 10.00. The zero-order valence-electron chi connectivity index (χ0n) is 18.6. The first-order valence-corrected chi connectivity index (χ1v) is 12.6. The SMILES string of the molecule is Cc1ccc(NC(=O)CN2C(=O)S/C(=C/c3ccc(OCc4ccccc4)c(Br)c3)C2=O)cc1Cl. The molecule has 1 saturated heterocycles. The van der Waals surface area contributed by atoms with Crippen molar-refractivity contribution in [3.63, 3.8) is 0 Å². The molecule has 0 unspecified atom stereocenters. The van der Waals surface area contributed by atoms with Crippen LogP contribution in [-0.2, 0) is 16.2 Å². The lowest BCUT2D eigenvalue weighted by molar-refractivity contribution is -0.127. The molecule has 0 spiro atoms. The van der Waals surface area contributed by atoms with E-state index in [2.05, 4.69) is 21.2 Å². The molecule has 178 valence electrons. The van der Waals surface area contributed by atoms with Crippen LogP contribution < -0.4 is 10.1 Å². The Kier molecular flexibility index (Phi) is 7.95. The number of nitrogens with zero attached hydrogens (tertiary/aromatic N) is 1. The van der Waals surface area contributed by atoms with Crippen LogP contribution in [0.4, 0.5) is 10.5 Å². The maximum Gasteiger partial charge on any atom is 0.294 e. The third-order valence-corrected chi connectivity index (χ3v) is 7.06. The standard InChI is InChI=1S/C26H20BrClN2O4S/c1-16-7-9-19(13-21(16)28)29-24(31)14-30-25(32)23(35-26(30)33)12-18-8-10-22(20(27)11-18)34-15-17-5-3-2-4-6-17/h2-13H,14-15H2,1H3,(H,29,31)/b23-12+. The normalized spacial score (nSPS) is 14.5. The Bertz CT molecular complexity index is 1330. The summed E-state index contributed by atoms with van der Waals surface area (Å²) in [7, 11) is 0. The van der Waals surface area contributed by atoms with Crippen LogP contribution in [0.25, 0.3) is 6.08 Å². The van der Waals surface area contributed by atoms with Crippen molar-refractivity contribution >= 4 is 68.1 Å². The summed E-state index contributed by atoms with van der Waals surface area (Å²) in [5.41, 5.74) is 3.13. The number of thioether (sulfide) groups is 1. The van der Waals surface area contributed by atoms with Gasteiger partial charge in [0.1, 0.15) is 18.9 Å². The number of aryl methyl sites for hydroxylation is 1. The van der Waals surface area contributed by atoms with Gasteiger partial charge in [0.25, 0.3) is 11.1 Å². The topological polar surface area (TPSA) is 75.7 Å². The van der Waals surface area contributed by atoms with E-state index in [1.165, 1.54) is 0 Å². The predicted octanol–water partition coefficient (Wildman–Crippen LogP) is 6.66. The molecular formula is C26H20BrClN2O4S. The molecule has 0 radical (unpaired) electrons. The van der Waals surface area contributed by atoms with E-state index in [1.807, 2.05) is 43.3 Å². The monoisotopic (exact) mass is 570 g/mol. The number of hydrogen-bond donors (Lipinski definition) is 1. The number of amides is 3. The number of benzene rings is 3. The molecule has 0 atom stereocenters. The number of anilines is 1. The van der Waals surface area contributed by atoms with E-state index in [4.69, 9.17) is 16.3 Å². The van der Waals surface area contributed by atoms with Crippen molar-refractivity contribution in [2.75, 3.05) is 11.9 Å². The van der Waals surface area contributed by atoms with Gasteiger partial charge in [-0.1, -0.05) is 54.1 Å². The van der Waals surface area contributed by atoms with Gasteiger partial charge in [0.2, 0.25) is 5.91 Å². The molecule has 3 amide bonds. The summed E-state index contributed by atoms with van der Waals surface area (Å²) >= 11 is 10.4. The van der Waals surface area contributed by atoms with E-state index in [-0.39, 0.29) is 11.4 Å². The number of rotatable bonds is 7. The molecule has 9 heteroatoms. The van der Waals surface area contributed by atoms with Gasteiger partial charge >= 0.3 is 0 Å². The molecule has 1 aliphatic heterocycles. The molecule has 0 aliphatic carbocycles. The van der Waals surface area contributed by atoms with Crippen LogP contribution in [0.3, 0.4) is 0 Å². The summed E-state index contributed by atoms with van der Waals surface area (Å²) in [6.07, 6.45) is 1.62. The second kappa shape index (κ2) is 11.1. The first-order chi connectivity index (χ1) is 16.8. The average Bonchev–Trinajstić information content (AvgIpc) is 3.09. The number of carbonyl (C=O) groups excluding carboxylic acids is 3. The van der Waals surface area contributed by atoms with Crippen LogP contribution >= 0.6 is 39.3 Å². The molecule has 0 aromatic heterocycles. The fourth-order valence-electron chi connectivity index (χ4n) is 3.26. The average molecular weight is 572 g/mol. The van der Waals surface area contributed by atoms with Crippen LogP contribution in [0.1, 0.15) is 16.7 Å². The molecule has 3 aromatic rings. The molecular weight excluding hydrogens is 552 g/mol. The first-order valence-electron chi connectivity index (χ1n) is 10.6. The van der Waals surface area contributed by atoms with E-state index >= 15 is 0 Å². The fraction of sp³-hybridized carbons (Fsp3) is 0.115. The number of nitrogens with one attached hydrogen (secondary N) is 1. The number of imide groups is 1. The van der Waals surface area contributed by atoms with Crippen molar-refractivity contribution in [3.05, 3.63) is 97.8 Å². The van der Waals surface area contributed by atoms with Gasteiger partial charge in [0.15, 0.2) is 0 Å². The molecule has 1 N–H and O–H groups in total. The van der Waals surface area contributed by atoms with Crippen LogP contribution in [0.5, 0.6) is 5.75 Å². The number of hydrogen-bond acceptors (Lipinski definition) is 5. The van der Waals surface area contributed by atoms with Gasteiger partial charge in [-0.3, -0.25) is 19.3 Å². The molecule has 0 saturated carbocycles. The molecule has 35 heavy (non-hydrogen) atoms. The van der Waals surface area contributed by atoms with Crippen molar-refractivity contribution in [1.29, 1.82) is 0 Å². The summed E-state index contributed by atoms with van der Waals surface area (Å²) < 4.78 is 6.57. The third kappa shape index (κ3) is 6.33. The zero-order chi connectivity index (χ0) is 24.9. The minimum Gasteiger partial charge on any atom is -0.488 e. The Hall–Kier alpha value is -3.07. The summed E-state index contributed by atoms with van der Waals surface area (Å²) in [6.45, 7) is 1.89. The van der Waals surface area contributed by atoms with Gasteiger partial charge in [-0.25, -0.2) is 0 Å². The van der Waals surface area contributed by atoms with E-state index in [0.717, 1.165) is 32.3 Å². The largest absolute Gasteiger partial charge is 0.488 e. The van der Waals surface area contributed by atoms with E-state index in [9.17, 15) is 14.4 Å². The Labute approximate surface area is 220 Å². The van der Waals surface area contributed by atoms with Crippen molar-refractivity contribution < 1.29 is 19.1 Å². The van der Waals surface area contributed by atoms with Gasteiger partial charge in [0, 0.05) is 10.7 Å². The van der Waals surface area contributed by atoms with Crippen molar-refractivity contribution in [3.8, 4) is 5.75 Å². The Morgan fingerprint density at radius 1 is 1.11 bits per heavy atom. The van der Waals surface area contributed by atoms with Gasteiger partial charge in [0.05, 0.1) is 9.38 Å². The first kappa shape index (κ1) is 25.0. The lowest BCUT2D eigenvalue weighted by atomic mass is 10.2. The van der Waals surface area contributed by atoms with Crippen molar-refractivity contribution in [2.45, 2.75) is 13.5 Å². The van der Waals surface area contributed by atoms with Crippen molar-refractivity contribution in [1.82, 2.24) is 4.90 Å². The lowest BCUT2D eigenvalue weighted by Gasteiger charge is -2.13. The van der Waals surface area contributed by atoms with Crippen molar-refractivity contribution in [2.24, 2.45) is 0 Å². The highest BCUT2D eigenvalue weighted by molar-refractivity contribution is 9.10. The number of ether oxygens (including phenoxy) is 1. The molecule has 6 nitrogen and oxygen atoms in total. The third-order valence-electron chi connectivity index (χ3n) is 5.12. The van der Waals surface area contributed by atoms with Gasteiger partial charge < -0.3 is 10.1 Å². The van der Waals surface area contributed by atoms with Crippen LogP contribution in [-0.4, -0.2) is 28.5 Å². The van der Waals surface area contributed by atoms with Crippen LogP contribution in [0, 0.1) is 6.92 Å². The highest BCUT2D eigenvalue weighted by Gasteiger charge is 2.36. The second-order valence-electron chi connectivity index (χ2n) is 7.74. The minimum atomic E-state index is -0.516. The van der Waals surface area contributed by atoms with Crippen LogP contribution in [0.2, 0.25) is 5.02 Å². The quantitative estimate of drug-likeness (QED) is 0.321. The number of carbonyl (C=O) groups is 3. The summed E-state index contributed by atoms with van der Waals surface area (Å²) in [6, 6.07) is 20.3. The van der Waals surface area contributed by atoms with Gasteiger partial charge in [-0.15, -0.1) is 0 Å². The highest BCUT2D eigenvalue weighted by Crippen LogP contribution is 2.34. The Morgan fingerprint density at radius 2 is 1.89 bits per heavy atom. The van der Waals surface area contributed by atoms with E-state index < -0.39 is 17.1 Å². The molecule has 1 heterocycles. The minimum absolute atomic E-state index is 0.242. The zero-order valence-corrected chi connectivity index (χ0v) is 21.7. The maximum absolute atomic E-state index is 12.8. The molecule has 3 aromatic carbocycles. The molecule has 1 aliphatic rings. The van der Waals surface area contributed by atoms with Gasteiger partial charge in [-0.05, 0) is 81.6 Å². The molecule has 1 fully saturated rings. The number of halogens is 2. The van der Waals surface area contributed by atoms with E-state index in [0.29, 0.717) is 28.6 Å². The van der Waals surface area contributed by atoms with Gasteiger partial charge in [-0.2, -0.15) is 0 Å².